The van der Waals surface area contributed by atoms with Crippen molar-refractivity contribution in [2.24, 2.45) is 10.9 Å². The van der Waals surface area contributed by atoms with Crippen LogP contribution in [0.4, 0.5) is 0 Å². The van der Waals surface area contributed by atoms with Crippen LogP contribution in [0.25, 0.3) is 0 Å². The van der Waals surface area contributed by atoms with Crippen molar-refractivity contribution >= 4 is 31.9 Å². The van der Waals surface area contributed by atoms with Gasteiger partial charge in [-0.1, -0.05) is 40.5 Å². The number of benzene rings is 1. The first-order chi connectivity index (χ1) is 11.9. The first-order valence-electron chi connectivity index (χ1n) is 8.54. The molecule has 2 N–H and O–H groups in total. The van der Waals surface area contributed by atoms with E-state index in [0.29, 0.717) is 31.5 Å². The van der Waals surface area contributed by atoms with Gasteiger partial charge in [-0.25, -0.2) is 13.1 Å². The average molecular weight is 431 g/mol. The third-order valence-electron chi connectivity index (χ3n) is 4.41. The molecule has 0 aliphatic heterocycles. The van der Waals surface area contributed by atoms with Crippen LogP contribution in [-0.4, -0.2) is 52.2 Å². The Morgan fingerprint density at radius 3 is 2.68 bits per heavy atom. The Balaban J connectivity index is 1.78. The Bertz CT molecular complexity index is 690. The zero-order chi connectivity index (χ0) is 18.3. The van der Waals surface area contributed by atoms with Crippen LogP contribution in [0.15, 0.2) is 33.7 Å². The van der Waals surface area contributed by atoms with E-state index in [2.05, 4.69) is 31.0 Å². The summed E-state index contributed by atoms with van der Waals surface area (Å²) in [4.78, 5) is 6.20. The van der Waals surface area contributed by atoms with Crippen molar-refractivity contribution in [1.82, 2.24) is 14.9 Å². The molecular formula is C17H27BrN4O2S. The molecule has 140 valence electrons. The van der Waals surface area contributed by atoms with E-state index in [1.165, 1.54) is 6.42 Å². The number of hydrogen-bond donors (Lipinski definition) is 2. The van der Waals surface area contributed by atoms with Crippen molar-refractivity contribution in [3.05, 3.63) is 34.3 Å². The highest BCUT2D eigenvalue weighted by molar-refractivity contribution is 9.10. The lowest BCUT2D eigenvalue weighted by molar-refractivity contribution is 0.316. The number of aliphatic imine (C=N–C) groups is 1. The summed E-state index contributed by atoms with van der Waals surface area (Å²) in [5.41, 5.74) is 1.14. The van der Waals surface area contributed by atoms with E-state index in [4.69, 9.17) is 0 Å². The number of nitrogens with zero attached hydrogens (tertiary/aromatic N) is 2. The van der Waals surface area contributed by atoms with Crippen molar-refractivity contribution in [1.29, 1.82) is 0 Å². The van der Waals surface area contributed by atoms with E-state index in [-0.39, 0.29) is 5.75 Å². The molecule has 1 aromatic rings. The van der Waals surface area contributed by atoms with Crippen LogP contribution in [-0.2, 0) is 16.6 Å². The summed E-state index contributed by atoms with van der Waals surface area (Å²) in [6, 6.07) is 8.01. The minimum absolute atomic E-state index is 0.0433. The average Bonchev–Trinajstić information content (AvgIpc) is 2.52. The van der Waals surface area contributed by atoms with E-state index in [1.807, 2.05) is 36.2 Å². The van der Waals surface area contributed by atoms with Gasteiger partial charge in [-0.05, 0) is 30.4 Å². The molecule has 6 nitrogen and oxygen atoms in total. The number of halogens is 1. The molecule has 0 atom stereocenters. The van der Waals surface area contributed by atoms with Crippen molar-refractivity contribution in [2.75, 3.05) is 32.9 Å². The first kappa shape index (κ1) is 20.2. The minimum atomic E-state index is -3.24. The number of guanidine groups is 1. The maximum absolute atomic E-state index is 12.0. The third kappa shape index (κ3) is 6.60. The minimum Gasteiger partial charge on any atom is -0.355 e. The highest BCUT2D eigenvalue weighted by atomic mass is 79.9. The topological polar surface area (TPSA) is 73.8 Å². The number of sulfonamides is 1. The Morgan fingerprint density at radius 2 is 2.08 bits per heavy atom. The van der Waals surface area contributed by atoms with Gasteiger partial charge in [0.15, 0.2) is 5.96 Å². The Hall–Kier alpha value is -1.12. The Morgan fingerprint density at radius 1 is 1.36 bits per heavy atom. The van der Waals surface area contributed by atoms with Crippen molar-refractivity contribution in [3.8, 4) is 0 Å². The van der Waals surface area contributed by atoms with Gasteiger partial charge in [-0.3, -0.25) is 4.99 Å². The van der Waals surface area contributed by atoms with Crippen LogP contribution in [0.3, 0.4) is 0 Å². The van der Waals surface area contributed by atoms with Gasteiger partial charge >= 0.3 is 0 Å². The molecule has 0 spiro atoms. The van der Waals surface area contributed by atoms with Crippen LogP contribution in [0, 0.1) is 5.92 Å². The zero-order valence-corrected chi connectivity index (χ0v) is 17.2. The quantitative estimate of drug-likeness (QED) is 0.489. The molecule has 0 radical (unpaired) electrons. The summed E-state index contributed by atoms with van der Waals surface area (Å²) < 4.78 is 27.8. The molecule has 25 heavy (non-hydrogen) atoms. The number of nitrogens with one attached hydrogen (secondary N) is 2. The third-order valence-corrected chi connectivity index (χ3v) is 6.53. The van der Waals surface area contributed by atoms with E-state index in [1.54, 1.807) is 7.05 Å². The highest BCUT2D eigenvalue weighted by Crippen LogP contribution is 2.25. The summed E-state index contributed by atoms with van der Waals surface area (Å²) >= 11 is 3.54. The summed E-state index contributed by atoms with van der Waals surface area (Å²) in [6.07, 6.45) is 3.48. The summed E-state index contributed by atoms with van der Waals surface area (Å²) in [5, 5.41) is 3.12. The summed E-state index contributed by atoms with van der Waals surface area (Å²) in [5.74, 6) is 1.23. The standard InChI is InChI=1S/C17H27BrN4O2S/c1-19-17(22(2)13-15-8-3-4-9-16(15)18)20-10-11-25(23,24)21-12-14-6-5-7-14/h3-4,8-9,14,21H,5-7,10-13H2,1-2H3,(H,19,20). The second kappa shape index (κ2) is 9.54. The van der Waals surface area contributed by atoms with Gasteiger partial charge in [-0.2, -0.15) is 0 Å². The molecule has 0 bridgehead atoms. The second-order valence-electron chi connectivity index (χ2n) is 6.39. The van der Waals surface area contributed by atoms with E-state index in [0.717, 1.165) is 22.9 Å². The highest BCUT2D eigenvalue weighted by Gasteiger charge is 2.20. The van der Waals surface area contributed by atoms with Crippen LogP contribution >= 0.6 is 15.9 Å². The number of hydrogen-bond acceptors (Lipinski definition) is 3. The fraction of sp³-hybridized carbons (Fsp3) is 0.588. The van der Waals surface area contributed by atoms with Gasteiger partial charge in [-0.15, -0.1) is 0 Å². The maximum atomic E-state index is 12.0. The normalized spacial score (nSPS) is 15.7. The molecule has 1 aliphatic rings. The fourth-order valence-electron chi connectivity index (χ4n) is 2.65. The lowest BCUT2D eigenvalue weighted by Crippen LogP contribution is -2.42. The molecule has 0 amide bonds. The first-order valence-corrected chi connectivity index (χ1v) is 11.0. The molecule has 1 aromatic carbocycles. The molecule has 1 aliphatic carbocycles. The summed E-state index contributed by atoms with van der Waals surface area (Å²) in [7, 11) is 0.384. The lowest BCUT2D eigenvalue weighted by Gasteiger charge is -2.25. The van der Waals surface area contributed by atoms with Crippen LogP contribution in [0.1, 0.15) is 24.8 Å². The van der Waals surface area contributed by atoms with Crippen LogP contribution < -0.4 is 10.0 Å². The van der Waals surface area contributed by atoms with E-state index >= 15 is 0 Å². The molecule has 0 saturated heterocycles. The Labute approximate surface area is 159 Å². The lowest BCUT2D eigenvalue weighted by atomic mass is 9.86. The van der Waals surface area contributed by atoms with Crippen LogP contribution in [0.2, 0.25) is 0 Å². The van der Waals surface area contributed by atoms with Gasteiger partial charge in [0.25, 0.3) is 0 Å². The monoisotopic (exact) mass is 430 g/mol. The van der Waals surface area contributed by atoms with Gasteiger partial charge in [0.05, 0.1) is 5.75 Å². The van der Waals surface area contributed by atoms with E-state index in [9.17, 15) is 8.42 Å². The Kier molecular flexibility index (Phi) is 7.71. The van der Waals surface area contributed by atoms with Gasteiger partial charge < -0.3 is 10.2 Å². The predicted octanol–water partition coefficient (Wildman–Crippen LogP) is 2.18. The molecule has 0 aromatic heterocycles. The largest absolute Gasteiger partial charge is 0.355 e. The van der Waals surface area contributed by atoms with Crippen LogP contribution in [0.5, 0.6) is 0 Å². The molecular weight excluding hydrogens is 404 g/mol. The molecule has 2 rings (SSSR count). The SMILES string of the molecule is CN=C(NCCS(=O)(=O)NCC1CCC1)N(C)Cc1ccccc1Br. The van der Waals surface area contributed by atoms with E-state index < -0.39 is 10.0 Å². The second-order valence-corrected chi connectivity index (χ2v) is 9.17. The van der Waals surface area contributed by atoms with Gasteiger partial charge in [0.1, 0.15) is 0 Å². The van der Waals surface area contributed by atoms with Crippen molar-refractivity contribution in [2.45, 2.75) is 25.8 Å². The zero-order valence-electron chi connectivity index (χ0n) is 14.8. The van der Waals surface area contributed by atoms with Gasteiger partial charge in [0.2, 0.25) is 10.0 Å². The molecule has 0 unspecified atom stereocenters. The molecule has 1 fully saturated rings. The van der Waals surface area contributed by atoms with Crippen molar-refractivity contribution < 1.29 is 8.42 Å². The summed E-state index contributed by atoms with van der Waals surface area (Å²) in [6.45, 7) is 1.57. The maximum Gasteiger partial charge on any atom is 0.213 e. The fourth-order valence-corrected chi connectivity index (χ4v) is 4.07. The molecule has 8 heteroatoms. The smallest absolute Gasteiger partial charge is 0.213 e. The number of rotatable bonds is 8. The predicted molar refractivity (Wildman–Crippen MR) is 106 cm³/mol. The van der Waals surface area contributed by atoms with Crippen molar-refractivity contribution in [3.63, 3.8) is 0 Å². The molecule has 1 saturated carbocycles. The molecule has 0 heterocycles. The van der Waals surface area contributed by atoms with Gasteiger partial charge in [0, 0.05) is 38.2 Å².